The molecule has 2 aromatic rings. The molecule has 0 spiro atoms. The zero-order chi connectivity index (χ0) is 22.5. The number of amides is 2. The maximum Gasteiger partial charge on any atom is 0.253 e. The number of aryl methyl sites for hydroxylation is 1. The van der Waals surface area contributed by atoms with Crippen molar-refractivity contribution in [1.82, 2.24) is 10.2 Å². The number of hydrogen-bond acceptors (Lipinski definition) is 4. The molecule has 2 N–H and O–H groups in total. The van der Waals surface area contributed by atoms with E-state index in [1.165, 1.54) is 29.7 Å². The molecular formula is C26H34N4O2. The molecule has 1 heterocycles. The first-order chi connectivity index (χ1) is 15.5. The van der Waals surface area contributed by atoms with E-state index in [2.05, 4.69) is 52.5 Å². The molecule has 0 radical (unpaired) electrons. The van der Waals surface area contributed by atoms with Crippen LogP contribution >= 0.6 is 0 Å². The Hall–Kier alpha value is -2.86. The van der Waals surface area contributed by atoms with E-state index in [-0.39, 0.29) is 17.9 Å². The Balaban J connectivity index is 1.31. The highest BCUT2D eigenvalue weighted by Gasteiger charge is 2.22. The molecule has 1 aliphatic heterocycles. The second-order valence-electron chi connectivity index (χ2n) is 9.03. The topological polar surface area (TPSA) is 64.7 Å². The van der Waals surface area contributed by atoms with Crippen LogP contribution in [0.15, 0.2) is 42.5 Å². The average molecular weight is 435 g/mol. The van der Waals surface area contributed by atoms with Crippen LogP contribution < -0.4 is 15.5 Å². The van der Waals surface area contributed by atoms with E-state index in [1.54, 1.807) is 12.1 Å². The molecule has 170 valence electrons. The fourth-order valence-electron chi connectivity index (χ4n) is 4.74. The van der Waals surface area contributed by atoms with Crippen LogP contribution in [0.1, 0.15) is 47.2 Å². The minimum Gasteiger partial charge on any atom is -0.369 e. The van der Waals surface area contributed by atoms with Crippen molar-refractivity contribution in [3.05, 3.63) is 59.2 Å². The average Bonchev–Trinajstić information content (AvgIpc) is 3.29. The maximum absolute atomic E-state index is 12.8. The van der Waals surface area contributed by atoms with Crippen LogP contribution in [0.3, 0.4) is 0 Å². The Morgan fingerprint density at radius 2 is 1.66 bits per heavy atom. The number of benzene rings is 2. The molecule has 0 bridgehead atoms. The quantitative estimate of drug-likeness (QED) is 0.727. The lowest BCUT2D eigenvalue weighted by Crippen LogP contribution is -2.49. The van der Waals surface area contributed by atoms with E-state index < -0.39 is 0 Å². The largest absolute Gasteiger partial charge is 0.369 e. The summed E-state index contributed by atoms with van der Waals surface area (Å²) in [7, 11) is 0. The highest BCUT2D eigenvalue weighted by Crippen LogP contribution is 2.24. The first kappa shape index (κ1) is 22.3. The minimum absolute atomic E-state index is 0.0775. The van der Waals surface area contributed by atoms with Crippen molar-refractivity contribution in [2.45, 2.75) is 45.6 Å². The predicted molar refractivity (Wildman–Crippen MR) is 129 cm³/mol. The number of nitrogens with zero attached hydrogens (tertiary/aromatic N) is 2. The van der Waals surface area contributed by atoms with Crippen molar-refractivity contribution in [3.8, 4) is 0 Å². The summed E-state index contributed by atoms with van der Waals surface area (Å²) < 4.78 is 0. The van der Waals surface area contributed by atoms with E-state index in [0.29, 0.717) is 17.8 Å². The zero-order valence-corrected chi connectivity index (χ0v) is 19.2. The fraction of sp³-hybridized carbons (Fsp3) is 0.462. The van der Waals surface area contributed by atoms with Gasteiger partial charge < -0.3 is 15.5 Å². The number of anilines is 2. The lowest BCUT2D eigenvalue weighted by Gasteiger charge is -2.36. The number of rotatable bonds is 6. The Labute approximate surface area is 191 Å². The van der Waals surface area contributed by atoms with Gasteiger partial charge in [0.2, 0.25) is 5.91 Å². The molecule has 32 heavy (non-hydrogen) atoms. The standard InChI is InChI=1S/C26H34N4O2/c1-19-8-7-13-24(20(19)2)30-16-14-29(15-17-30)18-25(31)28-23-12-6-5-11-22(23)26(32)27-21-9-3-4-10-21/h5-8,11-13,21H,3-4,9-10,14-18H2,1-2H3,(H,27,32)(H,28,31). The molecule has 2 amide bonds. The molecule has 2 fully saturated rings. The van der Waals surface area contributed by atoms with E-state index in [4.69, 9.17) is 0 Å². The highest BCUT2D eigenvalue weighted by molar-refractivity contribution is 6.04. The first-order valence-corrected chi connectivity index (χ1v) is 11.7. The van der Waals surface area contributed by atoms with Gasteiger partial charge in [0.1, 0.15) is 0 Å². The summed E-state index contributed by atoms with van der Waals surface area (Å²) in [6.45, 7) is 8.13. The third-order valence-corrected chi connectivity index (χ3v) is 6.79. The van der Waals surface area contributed by atoms with Gasteiger partial charge in [-0.15, -0.1) is 0 Å². The molecule has 1 aliphatic carbocycles. The van der Waals surface area contributed by atoms with Gasteiger partial charge in [-0.1, -0.05) is 37.1 Å². The van der Waals surface area contributed by atoms with E-state index in [0.717, 1.165) is 39.0 Å². The summed E-state index contributed by atoms with van der Waals surface area (Å²) in [4.78, 5) is 30.1. The summed E-state index contributed by atoms with van der Waals surface area (Å²) >= 11 is 0. The molecule has 0 atom stereocenters. The van der Waals surface area contributed by atoms with Crippen LogP contribution in [-0.4, -0.2) is 55.5 Å². The molecule has 6 heteroatoms. The Bertz CT molecular complexity index is 960. The van der Waals surface area contributed by atoms with Crippen LogP contribution in [0.2, 0.25) is 0 Å². The molecule has 4 rings (SSSR count). The first-order valence-electron chi connectivity index (χ1n) is 11.7. The van der Waals surface area contributed by atoms with Gasteiger partial charge >= 0.3 is 0 Å². The number of carbonyl (C=O) groups is 2. The van der Waals surface area contributed by atoms with Crippen LogP contribution in [0.5, 0.6) is 0 Å². The van der Waals surface area contributed by atoms with Crippen LogP contribution in [0.4, 0.5) is 11.4 Å². The lowest BCUT2D eigenvalue weighted by atomic mass is 10.1. The van der Waals surface area contributed by atoms with Crippen molar-refractivity contribution < 1.29 is 9.59 Å². The number of hydrogen-bond donors (Lipinski definition) is 2. The van der Waals surface area contributed by atoms with Crippen LogP contribution in [0, 0.1) is 13.8 Å². The number of piperazine rings is 1. The van der Waals surface area contributed by atoms with Gasteiger partial charge in [0.25, 0.3) is 5.91 Å². The Morgan fingerprint density at radius 3 is 2.41 bits per heavy atom. The van der Waals surface area contributed by atoms with Gasteiger partial charge in [-0.05, 0) is 56.0 Å². The highest BCUT2D eigenvalue weighted by atomic mass is 16.2. The zero-order valence-electron chi connectivity index (χ0n) is 19.2. The second-order valence-corrected chi connectivity index (χ2v) is 9.03. The summed E-state index contributed by atoms with van der Waals surface area (Å²) in [6, 6.07) is 14.0. The minimum atomic E-state index is -0.102. The van der Waals surface area contributed by atoms with E-state index in [1.807, 2.05) is 12.1 Å². The van der Waals surface area contributed by atoms with Gasteiger partial charge in [0, 0.05) is 37.9 Å². The Kier molecular flexibility index (Phi) is 7.10. The Morgan fingerprint density at radius 1 is 0.938 bits per heavy atom. The maximum atomic E-state index is 12.8. The summed E-state index contributed by atoms with van der Waals surface area (Å²) in [5.74, 6) is -0.179. The predicted octanol–water partition coefficient (Wildman–Crippen LogP) is 3.74. The second kappa shape index (κ2) is 10.2. The summed E-state index contributed by atoms with van der Waals surface area (Å²) in [5.41, 5.74) is 5.04. The molecule has 2 aliphatic rings. The van der Waals surface area contributed by atoms with Crippen molar-refractivity contribution in [2.24, 2.45) is 0 Å². The summed E-state index contributed by atoms with van der Waals surface area (Å²) in [6.07, 6.45) is 4.41. The number of nitrogens with one attached hydrogen (secondary N) is 2. The van der Waals surface area contributed by atoms with Crippen LogP contribution in [0.25, 0.3) is 0 Å². The molecule has 1 saturated carbocycles. The van der Waals surface area contributed by atoms with Crippen molar-refractivity contribution >= 4 is 23.2 Å². The van der Waals surface area contributed by atoms with Gasteiger partial charge in [0.15, 0.2) is 0 Å². The smallest absolute Gasteiger partial charge is 0.253 e. The van der Waals surface area contributed by atoms with Crippen molar-refractivity contribution in [2.75, 3.05) is 42.9 Å². The number of para-hydroxylation sites is 1. The third-order valence-electron chi connectivity index (χ3n) is 6.79. The fourth-order valence-corrected chi connectivity index (χ4v) is 4.74. The van der Waals surface area contributed by atoms with E-state index >= 15 is 0 Å². The molecule has 2 aromatic carbocycles. The van der Waals surface area contributed by atoms with Gasteiger partial charge in [-0.3, -0.25) is 14.5 Å². The lowest BCUT2D eigenvalue weighted by molar-refractivity contribution is -0.117. The van der Waals surface area contributed by atoms with Gasteiger partial charge in [0.05, 0.1) is 17.8 Å². The molecular weight excluding hydrogens is 400 g/mol. The third kappa shape index (κ3) is 5.30. The van der Waals surface area contributed by atoms with E-state index in [9.17, 15) is 9.59 Å². The normalized spacial score (nSPS) is 17.4. The van der Waals surface area contributed by atoms with Crippen molar-refractivity contribution in [3.63, 3.8) is 0 Å². The number of carbonyl (C=O) groups excluding carboxylic acids is 2. The molecule has 1 saturated heterocycles. The van der Waals surface area contributed by atoms with Crippen LogP contribution in [-0.2, 0) is 4.79 Å². The molecule has 0 aromatic heterocycles. The SMILES string of the molecule is Cc1cccc(N2CCN(CC(=O)Nc3ccccc3C(=O)NC3CCCC3)CC2)c1C. The molecule has 6 nitrogen and oxygen atoms in total. The van der Waals surface area contributed by atoms with Crippen molar-refractivity contribution in [1.29, 1.82) is 0 Å². The monoisotopic (exact) mass is 434 g/mol. The molecule has 0 unspecified atom stereocenters. The van der Waals surface area contributed by atoms with Gasteiger partial charge in [-0.2, -0.15) is 0 Å². The summed E-state index contributed by atoms with van der Waals surface area (Å²) in [5, 5.41) is 6.08. The van der Waals surface area contributed by atoms with Gasteiger partial charge in [-0.25, -0.2) is 0 Å².